The van der Waals surface area contributed by atoms with E-state index < -0.39 is 0 Å². The number of fused-ring (bicyclic) bond motifs is 1. The number of rotatable bonds is 5. The minimum absolute atomic E-state index is 0.116. The molecule has 4 heterocycles. The van der Waals surface area contributed by atoms with Gasteiger partial charge in [-0.2, -0.15) is 5.10 Å². The number of likely N-dealkylation sites (tertiary alicyclic amines) is 1. The lowest BCUT2D eigenvalue weighted by molar-refractivity contribution is 0.0832. The first-order chi connectivity index (χ1) is 15.1. The normalized spacial score (nSPS) is 22.9. The molecule has 0 spiro atoms. The van der Waals surface area contributed by atoms with Gasteiger partial charge in [0.15, 0.2) is 5.52 Å². The van der Waals surface area contributed by atoms with Gasteiger partial charge in [-0.25, -0.2) is 9.50 Å². The molecule has 0 bridgehead atoms. The topological polar surface area (TPSA) is 84.8 Å². The van der Waals surface area contributed by atoms with Gasteiger partial charge in [0, 0.05) is 44.7 Å². The Morgan fingerprint density at radius 3 is 2.90 bits per heavy atom. The molecular weight excluding hydrogens is 394 g/mol. The van der Waals surface area contributed by atoms with Crippen LogP contribution in [0.25, 0.3) is 5.52 Å². The number of H-pyrrole nitrogens is 1. The zero-order valence-electron chi connectivity index (χ0n) is 18.1. The van der Waals surface area contributed by atoms with Crippen LogP contribution in [0.2, 0.25) is 0 Å². The van der Waals surface area contributed by atoms with Crippen LogP contribution >= 0.6 is 0 Å². The number of hydrogen-bond acceptors (Lipinski definition) is 6. The lowest BCUT2D eigenvalue weighted by Gasteiger charge is -2.21. The van der Waals surface area contributed by atoms with E-state index in [1.807, 2.05) is 12.1 Å². The Hall–Kier alpha value is -2.71. The molecule has 2 unspecified atom stereocenters. The molecular formula is C23H29N5O3. The first-order valence-corrected chi connectivity index (χ1v) is 11.0. The monoisotopic (exact) mass is 423 g/mol. The number of aromatic nitrogens is 4. The molecule has 8 nitrogen and oxygen atoms in total. The number of hydrogen-bond donors (Lipinski definition) is 1. The molecule has 2 aromatic heterocycles. The van der Waals surface area contributed by atoms with Gasteiger partial charge < -0.3 is 14.5 Å². The van der Waals surface area contributed by atoms with Crippen LogP contribution in [0.15, 0.2) is 35.3 Å². The number of nitrogens with one attached hydrogen (secondary N) is 1. The van der Waals surface area contributed by atoms with E-state index in [1.54, 1.807) is 17.8 Å². The number of benzene rings is 1. The van der Waals surface area contributed by atoms with Crippen LogP contribution in [0.1, 0.15) is 48.8 Å². The van der Waals surface area contributed by atoms with Crippen LogP contribution in [0.5, 0.6) is 5.75 Å². The van der Waals surface area contributed by atoms with Gasteiger partial charge in [-0.3, -0.25) is 9.69 Å². The molecule has 1 N–H and O–H groups in total. The summed E-state index contributed by atoms with van der Waals surface area (Å²) in [7, 11) is 1.69. The van der Waals surface area contributed by atoms with Crippen molar-refractivity contribution < 1.29 is 9.47 Å². The maximum atomic E-state index is 12.8. The van der Waals surface area contributed by atoms with Gasteiger partial charge in [0.05, 0.1) is 13.3 Å². The molecule has 0 radical (unpaired) electrons. The third-order valence-corrected chi connectivity index (χ3v) is 6.61. The number of aromatic amines is 1. The first kappa shape index (κ1) is 20.2. The van der Waals surface area contributed by atoms with Crippen molar-refractivity contribution in [2.75, 3.05) is 33.4 Å². The van der Waals surface area contributed by atoms with Crippen LogP contribution in [-0.2, 0) is 11.3 Å². The Kier molecular flexibility index (Phi) is 5.50. The van der Waals surface area contributed by atoms with Crippen LogP contribution in [-0.4, -0.2) is 57.9 Å². The summed E-state index contributed by atoms with van der Waals surface area (Å²) in [6, 6.07) is 8.19. The number of imidazole rings is 1. The molecule has 0 aliphatic carbocycles. The highest BCUT2D eigenvalue weighted by Gasteiger charge is 2.33. The Balaban J connectivity index is 1.40. The van der Waals surface area contributed by atoms with Gasteiger partial charge in [0.25, 0.3) is 5.56 Å². The van der Waals surface area contributed by atoms with Gasteiger partial charge in [0.1, 0.15) is 17.4 Å². The van der Waals surface area contributed by atoms with E-state index in [0.717, 1.165) is 63.1 Å². The van der Waals surface area contributed by atoms with E-state index >= 15 is 0 Å². The summed E-state index contributed by atoms with van der Waals surface area (Å²) in [6.45, 7) is 6.36. The molecule has 2 aliphatic rings. The molecule has 5 rings (SSSR count). The summed E-state index contributed by atoms with van der Waals surface area (Å²) in [5, 5.41) is 4.88. The van der Waals surface area contributed by atoms with E-state index in [-0.39, 0.29) is 17.4 Å². The summed E-state index contributed by atoms with van der Waals surface area (Å²) in [6.07, 6.45) is 3.47. The van der Waals surface area contributed by atoms with Crippen molar-refractivity contribution in [2.24, 2.45) is 5.92 Å². The highest BCUT2D eigenvalue weighted by Crippen LogP contribution is 2.32. The van der Waals surface area contributed by atoms with Crippen molar-refractivity contribution >= 4 is 5.52 Å². The second-order valence-corrected chi connectivity index (χ2v) is 8.77. The quantitative estimate of drug-likeness (QED) is 0.679. The molecule has 8 heteroatoms. The number of ether oxygens (including phenoxy) is 2. The minimum atomic E-state index is -0.116. The number of nitrogens with zero attached hydrogens (tertiary/aromatic N) is 4. The maximum absolute atomic E-state index is 12.8. The highest BCUT2D eigenvalue weighted by atomic mass is 16.5. The zero-order valence-corrected chi connectivity index (χ0v) is 18.1. The Morgan fingerprint density at radius 2 is 2.10 bits per heavy atom. The molecule has 2 saturated heterocycles. The largest absolute Gasteiger partial charge is 0.497 e. The SMILES string of the molecule is COc1cccc(CN2CC(C)C(c3nn4c(C5CCOCC5)ncc4c(=O)[nH]3)C2)c1. The average molecular weight is 424 g/mol. The summed E-state index contributed by atoms with van der Waals surface area (Å²) >= 11 is 0. The summed E-state index contributed by atoms with van der Waals surface area (Å²) < 4.78 is 12.6. The van der Waals surface area contributed by atoms with E-state index in [9.17, 15) is 4.79 Å². The summed E-state index contributed by atoms with van der Waals surface area (Å²) in [4.78, 5) is 22.8. The third-order valence-electron chi connectivity index (χ3n) is 6.61. The van der Waals surface area contributed by atoms with E-state index in [2.05, 4.69) is 33.9 Å². The van der Waals surface area contributed by atoms with Crippen LogP contribution in [0.3, 0.4) is 0 Å². The minimum Gasteiger partial charge on any atom is -0.497 e. The van der Waals surface area contributed by atoms with E-state index in [0.29, 0.717) is 11.4 Å². The molecule has 2 aliphatic heterocycles. The maximum Gasteiger partial charge on any atom is 0.276 e. The summed E-state index contributed by atoms with van der Waals surface area (Å²) in [5.41, 5.74) is 1.62. The third kappa shape index (κ3) is 3.97. The highest BCUT2D eigenvalue weighted by molar-refractivity contribution is 5.42. The fourth-order valence-electron chi connectivity index (χ4n) is 4.92. The molecule has 1 aromatic carbocycles. The Labute approximate surface area is 181 Å². The zero-order chi connectivity index (χ0) is 21.4. The molecule has 164 valence electrons. The first-order valence-electron chi connectivity index (χ1n) is 11.0. The van der Waals surface area contributed by atoms with Crippen molar-refractivity contribution in [1.82, 2.24) is 24.5 Å². The molecule has 31 heavy (non-hydrogen) atoms. The fourth-order valence-corrected chi connectivity index (χ4v) is 4.92. The molecule has 0 amide bonds. The second kappa shape index (κ2) is 8.43. The van der Waals surface area contributed by atoms with Gasteiger partial charge in [-0.15, -0.1) is 0 Å². The van der Waals surface area contributed by atoms with Crippen LogP contribution < -0.4 is 10.3 Å². The Bertz CT molecular complexity index is 1120. The number of methoxy groups -OCH3 is 1. The molecule has 0 saturated carbocycles. The molecule has 3 aromatic rings. The Morgan fingerprint density at radius 1 is 1.26 bits per heavy atom. The van der Waals surface area contributed by atoms with Crippen molar-refractivity contribution in [1.29, 1.82) is 0 Å². The van der Waals surface area contributed by atoms with Gasteiger partial charge in [0.2, 0.25) is 0 Å². The predicted molar refractivity (Wildman–Crippen MR) is 117 cm³/mol. The lowest BCUT2D eigenvalue weighted by Crippen LogP contribution is -2.24. The molecule has 2 fully saturated rings. The van der Waals surface area contributed by atoms with Crippen LogP contribution in [0.4, 0.5) is 0 Å². The van der Waals surface area contributed by atoms with Crippen molar-refractivity contribution in [3.05, 3.63) is 58.0 Å². The van der Waals surface area contributed by atoms with Crippen molar-refractivity contribution in [3.8, 4) is 5.75 Å². The standard InChI is InChI=1S/C23H29N5O3/c1-15-12-27(13-16-4-3-5-18(10-16)30-2)14-19(15)21-25-23(29)20-11-24-22(28(20)26-21)17-6-8-31-9-7-17/h3-5,10-11,15,17,19H,6-9,12-14H2,1-2H3,(H,25,26,29). The van der Waals surface area contributed by atoms with E-state index in [4.69, 9.17) is 14.6 Å². The lowest BCUT2D eigenvalue weighted by atomic mass is 9.97. The van der Waals surface area contributed by atoms with E-state index in [1.165, 1.54) is 5.56 Å². The van der Waals surface area contributed by atoms with Crippen molar-refractivity contribution in [2.45, 2.75) is 38.1 Å². The molecule has 2 atom stereocenters. The van der Waals surface area contributed by atoms with Gasteiger partial charge >= 0.3 is 0 Å². The summed E-state index contributed by atoms with van der Waals surface area (Å²) in [5.74, 6) is 3.35. The predicted octanol–water partition coefficient (Wildman–Crippen LogP) is 2.56. The average Bonchev–Trinajstić information content (AvgIpc) is 3.38. The van der Waals surface area contributed by atoms with Gasteiger partial charge in [-0.05, 0) is 36.5 Å². The second-order valence-electron chi connectivity index (χ2n) is 8.77. The van der Waals surface area contributed by atoms with Gasteiger partial charge in [-0.1, -0.05) is 19.1 Å². The fraction of sp³-hybridized carbons (Fsp3) is 0.522. The van der Waals surface area contributed by atoms with Crippen LogP contribution in [0, 0.1) is 5.92 Å². The smallest absolute Gasteiger partial charge is 0.276 e. The van der Waals surface area contributed by atoms with Crippen molar-refractivity contribution in [3.63, 3.8) is 0 Å².